The molecule has 0 saturated carbocycles. The Morgan fingerprint density at radius 2 is 2.30 bits per heavy atom. The molecule has 4 nitrogen and oxygen atoms in total. The molecule has 2 fully saturated rings. The van der Waals surface area contributed by atoms with Gasteiger partial charge in [-0.2, -0.15) is 0 Å². The molecule has 2 heterocycles. The van der Waals surface area contributed by atoms with Gasteiger partial charge in [-0.15, -0.1) is 0 Å². The molecule has 54 valence electrons. The molecule has 0 N–H and O–H groups in total. The summed E-state index contributed by atoms with van der Waals surface area (Å²) in [6.45, 7) is 0.544. The van der Waals surface area contributed by atoms with Gasteiger partial charge in [-0.1, -0.05) is 0 Å². The number of ether oxygens (including phenoxy) is 1. The molecular weight excluding hydrogens is 134 g/mol. The first-order valence-electron chi connectivity index (χ1n) is 3.26. The Bertz CT molecular complexity index is 195. The molecule has 0 spiro atoms. The lowest BCUT2D eigenvalue weighted by Crippen LogP contribution is -2.58. The van der Waals surface area contributed by atoms with E-state index in [-0.39, 0.29) is 18.1 Å². The Morgan fingerprint density at radius 3 is 2.90 bits per heavy atom. The van der Waals surface area contributed by atoms with Gasteiger partial charge < -0.3 is 4.74 Å². The van der Waals surface area contributed by atoms with Gasteiger partial charge in [0, 0.05) is 13.0 Å². The van der Waals surface area contributed by atoms with Crippen LogP contribution < -0.4 is 0 Å². The molecule has 1 amide bonds. The average molecular weight is 141 g/mol. The minimum atomic E-state index is -0.280. The van der Waals surface area contributed by atoms with Crippen molar-refractivity contribution in [3.63, 3.8) is 0 Å². The van der Waals surface area contributed by atoms with Crippen LogP contribution in [0.15, 0.2) is 0 Å². The number of hydrogen-bond acceptors (Lipinski definition) is 3. The lowest BCUT2D eigenvalue weighted by Gasteiger charge is -2.41. The lowest BCUT2D eigenvalue weighted by atomic mass is 10.1. The zero-order chi connectivity index (χ0) is 7.14. The number of ketones is 1. The van der Waals surface area contributed by atoms with E-state index in [9.17, 15) is 9.59 Å². The number of Topliss-reactive ketones (excluding diaryl/α,β-unsaturated/α-hetero) is 1. The Kier molecular flexibility index (Phi) is 0.977. The Labute approximate surface area is 57.7 Å². The number of rotatable bonds is 0. The highest BCUT2D eigenvalue weighted by Crippen LogP contribution is 2.24. The van der Waals surface area contributed by atoms with Gasteiger partial charge in [0.1, 0.15) is 5.78 Å². The molecule has 1 atom stereocenters. The summed E-state index contributed by atoms with van der Waals surface area (Å²) in [5, 5.41) is 0. The maximum atomic E-state index is 10.7. The predicted molar refractivity (Wildman–Crippen MR) is 31.2 cm³/mol. The first kappa shape index (κ1) is 5.70. The molecule has 0 aromatic carbocycles. The van der Waals surface area contributed by atoms with E-state index in [4.69, 9.17) is 0 Å². The van der Waals surface area contributed by atoms with Crippen molar-refractivity contribution in [1.29, 1.82) is 0 Å². The van der Waals surface area contributed by atoms with Crippen LogP contribution in [0.4, 0.5) is 4.79 Å². The molecule has 0 bridgehead atoms. The summed E-state index contributed by atoms with van der Waals surface area (Å²) < 4.78 is 4.68. The Morgan fingerprint density at radius 1 is 1.50 bits per heavy atom. The van der Waals surface area contributed by atoms with Crippen molar-refractivity contribution in [3.8, 4) is 0 Å². The molecule has 0 aromatic heterocycles. The Balaban J connectivity index is 2.05. The number of nitrogens with zero attached hydrogens (tertiary/aromatic N) is 1. The van der Waals surface area contributed by atoms with Crippen LogP contribution in [-0.2, 0) is 9.53 Å². The fraction of sp³-hybridized carbons (Fsp3) is 0.667. The van der Waals surface area contributed by atoms with Crippen LogP contribution in [0, 0.1) is 0 Å². The highest BCUT2D eigenvalue weighted by molar-refractivity contribution is 5.84. The number of fused-ring (bicyclic) bond motifs is 1. The van der Waals surface area contributed by atoms with E-state index in [1.165, 1.54) is 0 Å². The van der Waals surface area contributed by atoms with Crippen LogP contribution in [0.25, 0.3) is 0 Å². The van der Waals surface area contributed by atoms with E-state index in [1.807, 2.05) is 0 Å². The molecule has 4 heteroatoms. The van der Waals surface area contributed by atoms with Crippen LogP contribution in [0.2, 0.25) is 0 Å². The number of piperidine rings is 1. The first-order valence-corrected chi connectivity index (χ1v) is 3.26. The second-order valence-corrected chi connectivity index (χ2v) is 2.52. The van der Waals surface area contributed by atoms with Gasteiger partial charge in [-0.25, -0.2) is 4.79 Å². The quantitative estimate of drug-likeness (QED) is 0.481. The third kappa shape index (κ3) is 0.616. The maximum Gasteiger partial charge on any atom is 0.414 e. The van der Waals surface area contributed by atoms with Crippen LogP contribution in [0.5, 0.6) is 0 Å². The molecule has 10 heavy (non-hydrogen) atoms. The van der Waals surface area contributed by atoms with Crippen LogP contribution >= 0.6 is 0 Å². The molecular formula is C6H7NO3. The SMILES string of the molecule is O=C1CCN2C(=O)OC2C1. The van der Waals surface area contributed by atoms with Crippen molar-refractivity contribution >= 4 is 11.9 Å². The number of carbonyl (C=O) groups excluding carboxylic acids is 2. The zero-order valence-corrected chi connectivity index (χ0v) is 5.37. The fourth-order valence-corrected chi connectivity index (χ4v) is 1.25. The number of amides is 1. The third-order valence-corrected chi connectivity index (χ3v) is 1.85. The van der Waals surface area contributed by atoms with E-state index in [2.05, 4.69) is 4.74 Å². The summed E-state index contributed by atoms with van der Waals surface area (Å²) in [6, 6.07) is 0. The van der Waals surface area contributed by atoms with Crippen LogP contribution in [-0.4, -0.2) is 29.5 Å². The van der Waals surface area contributed by atoms with E-state index >= 15 is 0 Å². The van der Waals surface area contributed by atoms with Crippen molar-refractivity contribution in [2.24, 2.45) is 0 Å². The third-order valence-electron chi connectivity index (χ3n) is 1.85. The standard InChI is InChI=1S/C6H7NO3/c8-4-1-2-7-5(3-4)10-6(7)9/h5H,1-3H2. The van der Waals surface area contributed by atoms with E-state index < -0.39 is 0 Å². The van der Waals surface area contributed by atoms with Crippen molar-refractivity contribution < 1.29 is 14.3 Å². The molecule has 2 rings (SSSR count). The van der Waals surface area contributed by atoms with Crippen LogP contribution in [0.1, 0.15) is 12.8 Å². The number of carbonyl (C=O) groups is 2. The molecule has 2 aliphatic rings. The highest BCUT2D eigenvalue weighted by atomic mass is 16.6. The fourth-order valence-electron chi connectivity index (χ4n) is 1.25. The average Bonchev–Trinajstić information content (AvgIpc) is 1.86. The normalized spacial score (nSPS) is 30.8. The monoisotopic (exact) mass is 141 g/mol. The zero-order valence-electron chi connectivity index (χ0n) is 5.37. The van der Waals surface area contributed by atoms with Gasteiger partial charge >= 0.3 is 6.09 Å². The summed E-state index contributed by atoms with van der Waals surface area (Å²) >= 11 is 0. The summed E-state index contributed by atoms with van der Waals surface area (Å²) in [7, 11) is 0. The second kappa shape index (κ2) is 1.71. The lowest BCUT2D eigenvalue weighted by molar-refractivity contribution is -0.144. The maximum absolute atomic E-state index is 10.7. The summed E-state index contributed by atoms with van der Waals surface area (Å²) in [5.41, 5.74) is 0. The molecule has 0 radical (unpaired) electrons. The molecule has 2 saturated heterocycles. The first-order chi connectivity index (χ1) is 4.77. The Hall–Kier alpha value is -1.06. The second-order valence-electron chi connectivity index (χ2n) is 2.52. The van der Waals surface area contributed by atoms with Gasteiger partial charge in [0.15, 0.2) is 6.23 Å². The molecule has 0 aromatic rings. The summed E-state index contributed by atoms with van der Waals surface area (Å²) in [5.74, 6) is 0.189. The predicted octanol–water partition coefficient (Wildman–Crippen LogP) is 0.128. The van der Waals surface area contributed by atoms with E-state index in [0.717, 1.165) is 0 Å². The van der Waals surface area contributed by atoms with Crippen molar-refractivity contribution in [2.75, 3.05) is 6.54 Å². The summed E-state index contributed by atoms with van der Waals surface area (Å²) in [4.78, 5) is 22.9. The van der Waals surface area contributed by atoms with Crippen molar-refractivity contribution in [2.45, 2.75) is 19.1 Å². The highest BCUT2D eigenvalue weighted by Gasteiger charge is 2.42. The number of hydrogen-bond donors (Lipinski definition) is 0. The minimum absolute atomic E-state index is 0.189. The molecule has 0 aliphatic carbocycles. The van der Waals surface area contributed by atoms with Gasteiger partial charge in [0.2, 0.25) is 0 Å². The topological polar surface area (TPSA) is 46.6 Å². The van der Waals surface area contributed by atoms with Gasteiger partial charge in [0.25, 0.3) is 0 Å². The van der Waals surface area contributed by atoms with E-state index in [1.54, 1.807) is 4.90 Å². The van der Waals surface area contributed by atoms with Crippen LogP contribution in [0.3, 0.4) is 0 Å². The molecule has 2 aliphatic heterocycles. The van der Waals surface area contributed by atoms with Gasteiger partial charge in [0.05, 0.1) is 6.42 Å². The van der Waals surface area contributed by atoms with E-state index in [0.29, 0.717) is 19.4 Å². The summed E-state index contributed by atoms with van der Waals surface area (Å²) in [6.07, 6.45) is 0.364. The van der Waals surface area contributed by atoms with Gasteiger partial charge in [-0.05, 0) is 0 Å². The largest absolute Gasteiger partial charge is 0.425 e. The van der Waals surface area contributed by atoms with Gasteiger partial charge in [-0.3, -0.25) is 9.69 Å². The smallest absolute Gasteiger partial charge is 0.414 e. The van der Waals surface area contributed by atoms with Crippen molar-refractivity contribution in [1.82, 2.24) is 4.90 Å². The minimum Gasteiger partial charge on any atom is -0.425 e. The van der Waals surface area contributed by atoms with Crippen molar-refractivity contribution in [3.05, 3.63) is 0 Å². The molecule has 1 unspecified atom stereocenters.